The number of aromatic nitrogens is 1. The van der Waals surface area contributed by atoms with E-state index in [0.29, 0.717) is 11.3 Å². The predicted molar refractivity (Wildman–Crippen MR) is 54.0 cm³/mol. The van der Waals surface area contributed by atoms with Crippen molar-refractivity contribution in [3.05, 3.63) is 48.2 Å². The Balaban J connectivity index is 2.49. The maximum atomic E-state index is 12.8. The fourth-order valence-electron chi connectivity index (χ4n) is 1.30. The van der Waals surface area contributed by atoms with Crippen LogP contribution in [0.15, 0.2) is 36.5 Å². The molecule has 0 unspecified atom stereocenters. The van der Waals surface area contributed by atoms with Gasteiger partial charge in [0.1, 0.15) is 11.6 Å². The van der Waals surface area contributed by atoms with E-state index in [1.54, 1.807) is 0 Å². The minimum absolute atomic E-state index is 0.286. The molecule has 2 N–H and O–H groups in total. The topological polar surface area (TPSA) is 38.9 Å². The van der Waals surface area contributed by atoms with Crippen molar-refractivity contribution in [1.82, 2.24) is 4.98 Å². The van der Waals surface area contributed by atoms with Gasteiger partial charge in [0.25, 0.3) is 0 Å². The Hall–Kier alpha value is -1.97. The summed E-state index contributed by atoms with van der Waals surface area (Å²) in [6.45, 7) is 0. The number of benzene rings is 1. The van der Waals surface area contributed by atoms with Gasteiger partial charge < -0.3 is 5.73 Å². The quantitative estimate of drug-likeness (QED) is 0.728. The highest BCUT2D eigenvalue weighted by Gasteiger charge is 2.04. The molecule has 1 aromatic carbocycles. The Morgan fingerprint density at radius 2 is 1.73 bits per heavy atom. The number of hydrogen-bond acceptors (Lipinski definition) is 2. The maximum Gasteiger partial charge on any atom is 0.141 e. The maximum absolute atomic E-state index is 12.8. The number of rotatable bonds is 1. The van der Waals surface area contributed by atoms with Crippen molar-refractivity contribution >= 4 is 5.69 Å². The highest BCUT2D eigenvalue weighted by molar-refractivity contribution is 5.73. The van der Waals surface area contributed by atoms with Crippen LogP contribution in [0.1, 0.15) is 0 Å². The zero-order chi connectivity index (χ0) is 10.8. The van der Waals surface area contributed by atoms with Crippen LogP contribution in [-0.2, 0) is 0 Å². The van der Waals surface area contributed by atoms with Crippen LogP contribution in [-0.4, -0.2) is 4.98 Å². The molecule has 4 heteroatoms. The van der Waals surface area contributed by atoms with Crippen LogP contribution >= 0.6 is 0 Å². The van der Waals surface area contributed by atoms with E-state index in [1.807, 2.05) is 0 Å². The van der Waals surface area contributed by atoms with E-state index < -0.39 is 11.6 Å². The second-order valence-electron chi connectivity index (χ2n) is 3.09. The Kier molecular flexibility index (Phi) is 2.33. The van der Waals surface area contributed by atoms with E-state index in [-0.39, 0.29) is 5.69 Å². The molecule has 0 spiro atoms. The summed E-state index contributed by atoms with van der Waals surface area (Å²) in [5, 5.41) is 0. The van der Waals surface area contributed by atoms with Crippen LogP contribution in [0.5, 0.6) is 0 Å². The molecule has 76 valence electrons. The zero-order valence-corrected chi connectivity index (χ0v) is 7.74. The normalized spacial score (nSPS) is 10.3. The fourth-order valence-corrected chi connectivity index (χ4v) is 1.30. The summed E-state index contributed by atoms with van der Waals surface area (Å²) >= 11 is 0. The molecule has 0 bridgehead atoms. The van der Waals surface area contributed by atoms with Gasteiger partial charge in [-0.15, -0.1) is 0 Å². The molecule has 0 radical (unpaired) electrons. The van der Waals surface area contributed by atoms with Crippen molar-refractivity contribution in [2.24, 2.45) is 0 Å². The van der Waals surface area contributed by atoms with Gasteiger partial charge in [-0.25, -0.2) is 8.78 Å². The average molecular weight is 206 g/mol. The van der Waals surface area contributed by atoms with Gasteiger partial charge in [0, 0.05) is 11.3 Å². The zero-order valence-electron chi connectivity index (χ0n) is 7.74. The minimum Gasteiger partial charge on any atom is -0.398 e. The molecule has 1 heterocycles. The van der Waals surface area contributed by atoms with Crippen molar-refractivity contribution in [2.45, 2.75) is 0 Å². The van der Waals surface area contributed by atoms with Crippen LogP contribution in [0.4, 0.5) is 14.5 Å². The van der Waals surface area contributed by atoms with E-state index in [1.165, 1.54) is 30.3 Å². The fraction of sp³-hybridized carbons (Fsp3) is 0. The largest absolute Gasteiger partial charge is 0.398 e. The number of nitrogens with zero attached hydrogens (tertiary/aromatic N) is 1. The van der Waals surface area contributed by atoms with E-state index >= 15 is 0 Å². The lowest BCUT2D eigenvalue weighted by Crippen LogP contribution is -1.93. The number of anilines is 1. The van der Waals surface area contributed by atoms with Gasteiger partial charge in [-0.2, -0.15) is 0 Å². The van der Waals surface area contributed by atoms with Gasteiger partial charge in [-0.1, -0.05) is 0 Å². The van der Waals surface area contributed by atoms with E-state index in [4.69, 9.17) is 5.73 Å². The molecule has 0 aliphatic carbocycles. The molecule has 2 rings (SSSR count). The third-order valence-corrected chi connectivity index (χ3v) is 2.02. The SMILES string of the molecule is Nc1cc(F)ccc1-c1ccc(F)cn1. The Bertz CT molecular complexity index is 480. The number of nitrogen functional groups attached to an aromatic ring is 1. The highest BCUT2D eigenvalue weighted by atomic mass is 19.1. The van der Waals surface area contributed by atoms with Gasteiger partial charge in [0.2, 0.25) is 0 Å². The summed E-state index contributed by atoms with van der Waals surface area (Å²) in [6.07, 6.45) is 1.10. The van der Waals surface area contributed by atoms with Crippen LogP contribution < -0.4 is 5.73 Å². The number of pyridine rings is 1. The van der Waals surface area contributed by atoms with Crippen molar-refractivity contribution in [1.29, 1.82) is 0 Å². The molecule has 2 nitrogen and oxygen atoms in total. The smallest absolute Gasteiger partial charge is 0.141 e. The summed E-state index contributed by atoms with van der Waals surface area (Å²) < 4.78 is 25.4. The standard InChI is InChI=1S/C11H8F2N2/c12-7-1-3-9(10(14)5-7)11-4-2-8(13)6-15-11/h1-6H,14H2. The molecule has 2 aromatic rings. The van der Waals surface area contributed by atoms with Gasteiger partial charge in [-0.05, 0) is 30.3 Å². The molecule has 0 saturated heterocycles. The molecular weight excluding hydrogens is 198 g/mol. The monoisotopic (exact) mass is 206 g/mol. The molecule has 0 aliphatic rings. The predicted octanol–water partition coefficient (Wildman–Crippen LogP) is 2.61. The molecule has 0 saturated carbocycles. The van der Waals surface area contributed by atoms with E-state index in [9.17, 15) is 8.78 Å². The summed E-state index contributed by atoms with van der Waals surface area (Å²) in [5.74, 6) is -0.821. The lowest BCUT2D eigenvalue weighted by Gasteiger charge is -2.04. The molecule has 0 fully saturated rings. The summed E-state index contributed by atoms with van der Waals surface area (Å²) in [4.78, 5) is 3.86. The lowest BCUT2D eigenvalue weighted by molar-refractivity contribution is 0.621. The highest BCUT2D eigenvalue weighted by Crippen LogP contribution is 2.24. The lowest BCUT2D eigenvalue weighted by atomic mass is 10.1. The third kappa shape index (κ3) is 1.93. The van der Waals surface area contributed by atoms with Crippen molar-refractivity contribution < 1.29 is 8.78 Å². The van der Waals surface area contributed by atoms with Crippen molar-refractivity contribution in [3.63, 3.8) is 0 Å². The Morgan fingerprint density at radius 1 is 1.00 bits per heavy atom. The van der Waals surface area contributed by atoms with Gasteiger partial charge in [0.05, 0.1) is 11.9 Å². The molecule has 15 heavy (non-hydrogen) atoms. The number of hydrogen-bond donors (Lipinski definition) is 1. The van der Waals surface area contributed by atoms with E-state index in [0.717, 1.165) is 6.20 Å². The Labute approximate surface area is 85.4 Å². The first-order valence-electron chi connectivity index (χ1n) is 4.34. The van der Waals surface area contributed by atoms with Crippen LogP contribution in [0.25, 0.3) is 11.3 Å². The first kappa shape index (κ1) is 9.58. The van der Waals surface area contributed by atoms with Crippen molar-refractivity contribution in [2.75, 3.05) is 5.73 Å². The minimum atomic E-state index is -0.417. The first-order valence-corrected chi connectivity index (χ1v) is 4.34. The van der Waals surface area contributed by atoms with Gasteiger partial charge in [0.15, 0.2) is 0 Å². The first-order chi connectivity index (χ1) is 7.16. The average Bonchev–Trinajstić information content (AvgIpc) is 2.20. The molecule has 1 aromatic heterocycles. The number of halogens is 2. The molecular formula is C11H8F2N2. The number of nitrogens with two attached hydrogens (primary N) is 1. The molecule has 0 atom stereocenters. The molecule has 0 amide bonds. The summed E-state index contributed by atoms with van der Waals surface area (Å²) in [5.41, 5.74) is 7.02. The summed E-state index contributed by atoms with van der Waals surface area (Å²) in [7, 11) is 0. The van der Waals surface area contributed by atoms with Crippen LogP contribution in [0.3, 0.4) is 0 Å². The molecule has 0 aliphatic heterocycles. The second-order valence-corrected chi connectivity index (χ2v) is 3.09. The van der Waals surface area contributed by atoms with Crippen LogP contribution in [0, 0.1) is 11.6 Å². The summed E-state index contributed by atoms with van der Waals surface area (Å²) in [6, 6.07) is 6.80. The second kappa shape index (κ2) is 3.65. The Morgan fingerprint density at radius 3 is 2.33 bits per heavy atom. The van der Waals surface area contributed by atoms with E-state index in [2.05, 4.69) is 4.98 Å². The van der Waals surface area contributed by atoms with Crippen molar-refractivity contribution in [3.8, 4) is 11.3 Å². The van der Waals surface area contributed by atoms with Gasteiger partial charge in [-0.3, -0.25) is 4.98 Å². The van der Waals surface area contributed by atoms with Gasteiger partial charge >= 0.3 is 0 Å². The van der Waals surface area contributed by atoms with Crippen LogP contribution in [0.2, 0.25) is 0 Å². The third-order valence-electron chi connectivity index (χ3n) is 2.02.